The van der Waals surface area contributed by atoms with E-state index in [-0.39, 0.29) is 6.03 Å². The normalized spacial score (nSPS) is 13.9. The summed E-state index contributed by atoms with van der Waals surface area (Å²) in [6.45, 7) is 6.44. The largest absolute Gasteiger partial charge is 0.369 e. The molecule has 1 aliphatic rings. The number of nitrogens with zero attached hydrogens (tertiary/aromatic N) is 4. The number of pyridine rings is 1. The van der Waals surface area contributed by atoms with Gasteiger partial charge in [-0.25, -0.2) is 14.8 Å². The molecule has 9 nitrogen and oxygen atoms in total. The van der Waals surface area contributed by atoms with E-state index in [1.165, 1.54) is 5.69 Å². The number of urea groups is 1. The van der Waals surface area contributed by atoms with Crippen LogP contribution in [0.3, 0.4) is 0 Å². The molecule has 3 aromatic rings. The Morgan fingerprint density at radius 1 is 1.10 bits per heavy atom. The molecule has 1 aromatic carbocycles. The Bertz CT molecular complexity index is 985. The zero-order valence-electron chi connectivity index (χ0n) is 16.3. The molecule has 150 valence electrons. The smallest absolute Gasteiger partial charge is 0.320 e. The molecule has 3 heterocycles. The summed E-state index contributed by atoms with van der Waals surface area (Å²) in [5.74, 6) is 0.892. The third-order valence-electron chi connectivity index (χ3n) is 4.63. The molecular weight excluding hydrogens is 368 g/mol. The molecule has 0 saturated carbocycles. The van der Waals surface area contributed by atoms with Gasteiger partial charge < -0.3 is 20.9 Å². The van der Waals surface area contributed by atoms with Crippen molar-refractivity contribution in [2.24, 2.45) is 0 Å². The van der Waals surface area contributed by atoms with Gasteiger partial charge in [0.1, 0.15) is 5.82 Å². The highest BCUT2D eigenvalue weighted by Crippen LogP contribution is 2.21. The van der Waals surface area contributed by atoms with Crippen molar-refractivity contribution >= 4 is 40.2 Å². The summed E-state index contributed by atoms with van der Waals surface area (Å²) in [7, 11) is 0. The molecule has 4 rings (SSSR count). The van der Waals surface area contributed by atoms with E-state index in [4.69, 9.17) is 0 Å². The lowest BCUT2D eigenvalue weighted by Crippen LogP contribution is -2.43. The lowest BCUT2D eigenvalue weighted by molar-refractivity contribution is 0.252. The fourth-order valence-corrected chi connectivity index (χ4v) is 3.17. The first-order chi connectivity index (χ1) is 14.2. The van der Waals surface area contributed by atoms with Crippen molar-refractivity contribution in [3.63, 3.8) is 0 Å². The highest BCUT2D eigenvalue weighted by Gasteiger charge is 2.10. The van der Waals surface area contributed by atoms with E-state index < -0.39 is 0 Å². The van der Waals surface area contributed by atoms with Crippen LogP contribution in [0.15, 0.2) is 42.6 Å². The number of hydrogen-bond acceptors (Lipinski definition) is 7. The van der Waals surface area contributed by atoms with Crippen LogP contribution in [0, 0.1) is 0 Å². The minimum atomic E-state index is -0.295. The average Bonchev–Trinajstić information content (AvgIpc) is 2.75. The molecule has 29 heavy (non-hydrogen) atoms. The molecule has 0 aliphatic carbocycles. The Labute approximate surface area is 168 Å². The summed E-state index contributed by atoms with van der Waals surface area (Å²) in [4.78, 5) is 27.3. The maximum absolute atomic E-state index is 11.7. The van der Waals surface area contributed by atoms with Crippen LogP contribution < -0.4 is 26.2 Å². The number of aromatic nitrogens is 3. The van der Waals surface area contributed by atoms with Crippen molar-refractivity contribution in [2.75, 3.05) is 48.3 Å². The number of fused-ring (bicyclic) bond motifs is 1. The first kappa shape index (κ1) is 18.9. The minimum absolute atomic E-state index is 0.295. The van der Waals surface area contributed by atoms with Crippen molar-refractivity contribution in [3.8, 4) is 0 Å². The molecule has 4 N–H and O–H groups in total. The van der Waals surface area contributed by atoms with Crippen molar-refractivity contribution in [1.82, 2.24) is 25.6 Å². The zero-order valence-corrected chi connectivity index (χ0v) is 16.3. The highest BCUT2D eigenvalue weighted by atomic mass is 16.2. The molecule has 1 saturated heterocycles. The van der Waals surface area contributed by atoms with Crippen LogP contribution >= 0.6 is 0 Å². The molecule has 0 unspecified atom stereocenters. The summed E-state index contributed by atoms with van der Waals surface area (Å²) in [5.41, 5.74) is 2.62. The number of carbonyl (C=O) groups excluding carboxylic acids is 1. The Morgan fingerprint density at radius 2 is 1.90 bits per heavy atom. The van der Waals surface area contributed by atoms with Gasteiger partial charge in [0.2, 0.25) is 5.95 Å². The van der Waals surface area contributed by atoms with Crippen LogP contribution in [-0.4, -0.2) is 53.7 Å². The molecule has 2 aromatic heterocycles. The Kier molecular flexibility index (Phi) is 5.66. The molecule has 0 radical (unpaired) electrons. The van der Waals surface area contributed by atoms with E-state index in [9.17, 15) is 4.79 Å². The van der Waals surface area contributed by atoms with Gasteiger partial charge in [-0.15, -0.1) is 0 Å². The van der Waals surface area contributed by atoms with Crippen molar-refractivity contribution in [3.05, 3.63) is 42.6 Å². The number of hydrogen-bond donors (Lipinski definition) is 4. The van der Waals surface area contributed by atoms with Gasteiger partial charge in [0.25, 0.3) is 0 Å². The van der Waals surface area contributed by atoms with Crippen LogP contribution in [0.25, 0.3) is 11.0 Å². The Hall–Kier alpha value is -3.46. The number of anilines is 4. The molecule has 9 heteroatoms. The lowest BCUT2D eigenvalue weighted by Gasteiger charge is -2.29. The first-order valence-electron chi connectivity index (χ1n) is 9.72. The Morgan fingerprint density at radius 3 is 2.66 bits per heavy atom. The van der Waals surface area contributed by atoms with Crippen LogP contribution in [0.1, 0.15) is 6.92 Å². The van der Waals surface area contributed by atoms with Crippen LogP contribution in [0.4, 0.5) is 27.9 Å². The van der Waals surface area contributed by atoms with Gasteiger partial charge in [-0.2, -0.15) is 4.98 Å². The zero-order chi connectivity index (χ0) is 20.1. The topological polar surface area (TPSA) is 107 Å². The van der Waals surface area contributed by atoms with Gasteiger partial charge in [0.15, 0.2) is 5.65 Å². The summed E-state index contributed by atoms with van der Waals surface area (Å²) in [6, 6.07) is 11.5. The quantitative estimate of drug-likeness (QED) is 0.528. The number of benzene rings is 1. The van der Waals surface area contributed by atoms with Crippen LogP contribution in [-0.2, 0) is 0 Å². The van der Waals surface area contributed by atoms with E-state index in [1.807, 2.05) is 25.1 Å². The van der Waals surface area contributed by atoms with Crippen molar-refractivity contribution in [2.45, 2.75) is 6.92 Å². The van der Waals surface area contributed by atoms with Crippen LogP contribution in [0.2, 0.25) is 0 Å². The second-order valence-electron chi connectivity index (χ2n) is 6.70. The van der Waals surface area contributed by atoms with Gasteiger partial charge in [-0.1, -0.05) is 0 Å². The number of rotatable bonds is 5. The fourth-order valence-electron chi connectivity index (χ4n) is 3.17. The molecule has 0 atom stereocenters. The number of nitrogens with one attached hydrogen (secondary N) is 4. The van der Waals surface area contributed by atoms with Gasteiger partial charge in [0, 0.05) is 55.7 Å². The van der Waals surface area contributed by atoms with E-state index in [0.29, 0.717) is 24.0 Å². The van der Waals surface area contributed by atoms with E-state index in [0.717, 1.165) is 37.3 Å². The SMILES string of the molecule is CCNC(=O)Nc1ccc2cnc(Nc3ccc(N4CCNCC4)cc3)nc2n1. The summed E-state index contributed by atoms with van der Waals surface area (Å²) in [5, 5.41) is 12.7. The van der Waals surface area contributed by atoms with Crippen LogP contribution in [0.5, 0.6) is 0 Å². The molecular formula is C20H24N8O. The number of amides is 2. The lowest BCUT2D eigenvalue weighted by atomic mass is 10.2. The monoisotopic (exact) mass is 392 g/mol. The fraction of sp³-hybridized carbons (Fsp3) is 0.300. The predicted molar refractivity (Wildman–Crippen MR) is 115 cm³/mol. The molecule has 1 fully saturated rings. The number of piperazine rings is 1. The maximum atomic E-state index is 11.7. The Balaban J connectivity index is 1.47. The summed E-state index contributed by atoms with van der Waals surface area (Å²) >= 11 is 0. The van der Waals surface area contributed by atoms with E-state index in [2.05, 4.69) is 53.3 Å². The highest BCUT2D eigenvalue weighted by molar-refractivity contribution is 5.89. The van der Waals surface area contributed by atoms with Gasteiger partial charge in [0.05, 0.1) is 0 Å². The van der Waals surface area contributed by atoms with Crippen molar-refractivity contribution < 1.29 is 4.79 Å². The molecule has 1 aliphatic heterocycles. The minimum Gasteiger partial charge on any atom is -0.369 e. The van der Waals surface area contributed by atoms with Gasteiger partial charge in [-0.3, -0.25) is 5.32 Å². The molecule has 0 bridgehead atoms. The third kappa shape index (κ3) is 4.69. The van der Waals surface area contributed by atoms with Crippen molar-refractivity contribution in [1.29, 1.82) is 0 Å². The number of carbonyl (C=O) groups is 1. The van der Waals surface area contributed by atoms with E-state index >= 15 is 0 Å². The summed E-state index contributed by atoms with van der Waals surface area (Å²) in [6.07, 6.45) is 1.71. The standard InChI is InChI=1S/C20H24N8O/c1-2-22-20(29)26-17-8-3-14-13-23-19(27-18(14)25-17)24-15-4-6-16(7-5-15)28-11-9-21-10-12-28/h3-8,13,21H,2,9-12H2,1H3,(H3,22,23,24,25,26,27,29). The third-order valence-corrected chi connectivity index (χ3v) is 4.63. The molecule has 0 spiro atoms. The first-order valence-corrected chi connectivity index (χ1v) is 9.72. The maximum Gasteiger partial charge on any atom is 0.320 e. The average molecular weight is 392 g/mol. The summed E-state index contributed by atoms with van der Waals surface area (Å²) < 4.78 is 0. The second kappa shape index (κ2) is 8.70. The van der Waals surface area contributed by atoms with Gasteiger partial charge in [-0.05, 0) is 43.3 Å². The van der Waals surface area contributed by atoms with E-state index in [1.54, 1.807) is 12.3 Å². The molecule has 2 amide bonds. The van der Waals surface area contributed by atoms with Gasteiger partial charge >= 0.3 is 6.03 Å². The predicted octanol–water partition coefficient (Wildman–Crippen LogP) is 2.32. The second-order valence-corrected chi connectivity index (χ2v) is 6.70.